The van der Waals surface area contributed by atoms with E-state index in [4.69, 9.17) is 0 Å². The lowest BCUT2D eigenvalue weighted by Gasteiger charge is -1.89. The molecule has 0 aromatic rings. The number of rotatable bonds is 1. The molecule has 2 rings (SSSR count). The largest absolute Gasteiger partial charge is 0.257 e. The summed E-state index contributed by atoms with van der Waals surface area (Å²) in [5.74, 6) is 1.40. The fraction of sp³-hybridized carbons (Fsp3) is 0.500. The molecule has 0 saturated heterocycles. The van der Waals surface area contributed by atoms with Crippen LogP contribution in [-0.2, 0) is 0 Å². The van der Waals surface area contributed by atoms with Crippen molar-refractivity contribution in [2.45, 2.75) is 13.8 Å². The molecule has 0 aromatic heterocycles. The number of amidine groups is 2. The monoisotopic (exact) mass is 162 g/mol. The summed E-state index contributed by atoms with van der Waals surface area (Å²) in [6, 6.07) is 0. The van der Waals surface area contributed by atoms with Crippen molar-refractivity contribution in [3.05, 3.63) is 0 Å². The molecule has 0 aromatic carbocycles. The Kier molecular flexibility index (Phi) is 1.60. The summed E-state index contributed by atoms with van der Waals surface area (Å²) < 4.78 is 0. The van der Waals surface area contributed by atoms with Crippen molar-refractivity contribution in [1.82, 2.24) is 0 Å². The Hall–Kier alpha value is -1.32. The van der Waals surface area contributed by atoms with Crippen molar-refractivity contribution in [3.63, 3.8) is 0 Å². The van der Waals surface area contributed by atoms with Crippen LogP contribution >= 0.6 is 0 Å². The minimum Gasteiger partial charge on any atom is -0.257 e. The zero-order valence-corrected chi connectivity index (χ0v) is 7.20. The minimum absolute atomic E-state index is 0.697. The van der Waals surface area contributed by atoms with Gasteiger partial charge in [0.05, 0.1) is 13.1 Å². The SMILES string of the molecule is CC1=NC(C2=NCC(C)=N2)=NC1. The molecular formula is C8H10N4. The van der Waals surface area contributed by atoms with Gasteiger partial charge in [-0.05, 0) is 13.8 Å². The lowest BCUT2D eigenvalue weighted by molar-refractivity contribution is 1.32. The third kappa shape index (κ3) is 1.20. The molecule has 0 fully saturated rings. The van der Waals surface area contributed by atoms with Crippen LogP contribution in [0.4, 0.5) is 0 Å². The second-order valence-corrected chi connectivity index (χ2v) is 2.97. The van der Waals surface area contributed by atoms with E-state index in [1.165, 1.54) is 0 Å². The number of nitrogens with zero attached hydrogens (tertiary/aromatic N) is 4. The van der Waals surface area contributed by atoms with Crippen LogP contribution in [0.5, 0.6) is 0 Å². The van der Waals surface area contributed by atoms with E-state index in [1.807, 2.05) is 13.8 Å². The highest BCUT2D eigenvalue weighted by molar-refractivity contribution is 6.46. The smallest absolute Gasteiger partial charge is 0.193 e. The molecule has 0 radical (unpaired) electrons. The van der Waals surface area contributed by atoms with Crippen molar-refractivity contribution >= 4 is 23.1 Å². The van der Waals surface area contributed by atoms with Gasteiger partial charge in [-0.25, -0.2) is 9.98 Å². The summed E-state index contributed by atoms with van der Waals surface area (Å²) in [5.41, 5.74) is 2.07. The predicted octanol–water partition coefficient (Wildman–Crippen LogP) is 0.732. The summed E-state index contributed by atoms with van der Waals surface area (Å²) in [6.07, 6.45) is 0. The van der Waals surface area contributed by atoms with E-state index in [2.05, 4.69) is 20.0 Å². The van der Waals surface area contributed by atoms with Crippen molar-refractivity contribution in [2.75, 3.05) is 13.1 Å². The zero-order chi connectivity index (χ0) is 8.55. The van der Waals surface area contributed by atoms with Crippen LogP contribution < -0.4 is 0 Å². The van der Waals surface area contributed by atoms with Gasteiger partial charge in [0, 0.05) is 11.4 Å². The Morgan fingerprint density at radius 2 is 1.25 bits per heavy atom. The predicted molar refractivity (Wildman–Crippen MR) is 50.8 cm³/mol. The maximum Gasteiger partial charge on any atom is 0.193 e. The first kappa shape index (κ1) is 7.34. The van der Waals surface area contributed by atoms with Crippen LogP contribution in [0.3, 0.4) is 0 Å². The van der Waals surface area contributed by atoms with E-state index >= 15 is 0 Å². The van der Waals surface area contributed by atoms with E-state index in [0.29, 0.717) is 24.8 Å². The zero-order valence-electron chi connectivity index (χ0n) is 7.20. The second kappa shape index (κ2) is 2.62. The summed E-state index contributed by atoms with van der Waals surface area (Å²) in [7, 11) is 0. The Balaban J connectivity index is 2.23. The summed E-state index contributed by atoms with van der Waals surface area (Å²) in [6.45, 7) is 5.32. The highest BCUT2D eigenvalue weighted by Gasteiger charge is 2.15. The molecule has 4 heteroatoms. The summed E-state index contributed by atoms with van der Waals surface area (Å²) in [4.78, 5) is 16.9. The van der Waals surface area contributed by atoms with Crippen LogP contribution in [0.2, 0.25) is 0 Å². The molecule has 0 aliphatic carbocycles. The highest BCUT2D eigenvalue weighted by atomic mass is 15.1. The first-order valence-corrected chi connectivity index (χ1v) is 3.93. The van der Waals surface area contributed by atoms with Crippen LogP contribution in [0.25, 0.3) is 0 Å². The number of hydrogen-bond donors (Lipinski definition) is 0. The van der Waals surface area contributed by atoms with Gasteiger partial charge in [-0.15, -0.1) is 0 Å². The molecular weight excluding hydrogens is 152 g/mol. The van der Waals surface area contributed by atoms with Gasteiger partial charge < -0.3 is 0 Å². The summed E-state index contributed by atoms with van der Waals surface area (Å²) >= 11 is 0. The van der Waals surface area contributed by atoms with E-state index in [9.17, 15) is 0 Å². The van der Waals surface area contributed by atoms with Crippen molar-refractivity contribution in [2.24, 2.45) is 20.0 Å². The lowest BCUT2D eigenvalue weighted by Crippen LogP contribution is -2.04. The molecule has 2 aliphatic rings. The van der Waals surface area contributed by atoms with E-state index in [1.54, 1.807) is 0 Å². The Morgan fingerprint density at radius 3 is 1.50 bits per heavy atom. The van der Waals surface area contributed by atoms with Crippen molar-refractivity contribution in [1.29, 1.82) is 0 Å². The van der Waals surface area contributed by atoms with Gasteiger partial charge >= 0.3 is 0 Å². The molecule has 0 N–H and O–H groups in total. The average Bonchev–Trinajstić information content (AvgIpc) is 2.58. The van der Waals surface area contributed by atoms with Crippen LogP contribution in [0, 0.1) is 0 Å². The van der Waals surface area contributed by atoms with Crippen LogP contribution in [-0.4, -0.2) is 36.2 Å². The number of aliphatic imine (C=N–C) groups is 4. The maximum atomic E-state index is 4.23. The Labute approximate surface area is 70.9 Å². The van der Waals surface area contributed by atoms with Gasteiger partial charge in [-0.3, -0.25) is 9.98 Å². The summed E-state index contributed by atoms with van der Waals surface area (Å²) in [5, 5.41) is 0. The lowest BCUT2D eigenvalue weighted by atomic mass is 10.4. The molecule has 12 heavy (non-hydrogen) atoms. The standard InChI is InChI=1S/C8H10N4/c1-5-3-9-7(11-5)8-10-4-6(2)12-8/h3-4H2,1-2H3. The van der Waals surface area contributed by atoms with Gasteiger partial charge in [-0.1, -0.05) is 0 Å². The van der Waals surface area contributed by atoms with Crippen molar-refractivity contribution in [3.8, 4) is 0 Å². The molecule has 0 unspecified atom stereocenters. The van der Waals surface area contributed by atoms with Gasteiger partial charge in [0.25, 0.3) is 0 Å². The maximum absolute atomic E-state index is 4.23. The average molecular weight is 162 g/mol. The minimum atomic E-state index is 0.697. The van der Waals surface area contributed by atoms with Gasteiger partial charge in [0.1, 0.15) is 0 Å². The molecule has 0 amide bonds. The molecule has 0 atom stereocenters. The molecule has 0 spiro atoms. The number of hydrogen-bond acceptors (Lipinski definition) is 4. The van der Waals surface area contributed by atoms with E-state index in [0.717, 1.165) is 11.4 Å². The Morgan fingerprint density at radius 1 is 0.833 bits per heavy atom. The van der Waals surface area contributed by atoms with E-state index in [-0.39, 0.29) is 0 Å². The van der Waals surface area contributed by atoms with Gasteiger partial charge in [0.15, 0.2) is 11.7 Å². The van der Waals surface area contributed by atoms with Crippen molar-refractivity contribution < 1.29 is 0 Å². The third-order valence-corrected chi connectivity index (χ3v) is 1.71. The quantitative estimate of drug-likeness (QED) is 0.546. The first-order valence-electron chi connectivity index (χ1n) is 3.93. The molecule has 0 saturated carbocycles. The van der Waals surface area contributed by atoms with Crippen LogP contribution in [0.1, 0.15) is 13.8 Å². The Bertz CT molecular complexity index is 299. The highest BCUT2D eigenvalue weighted by Crippen LogP contribution is 2.04. The van der Waals surface area contributed by atoms with Crippen LogP contribution in [0.15, 0.2) is 20.0 Å². The normalized spacial score (nSPS) is 21.8. The second-order valence-electron chi connectivity index (χ2n) is 2.97. The molecule has 2 aliphatic heterocycles. The molecule has 62 valence electrons. The first-order chi connectivity index (χ1) is 5.75. The van der Waals surface area contributed by atoms with Gasteiger partial charge in [0.2, 0.25) is 0 Å². The van der Waals surface area contributed by atoms with E-state index < -0.39 is 0 Å². The fourth-order valence-electron chi connectivity index (χ4n) is 1.12. The third-order valence-electron chi connectivity index (χ3n) is 1.71. The molecule has 0 bridgehead atoms. The van der Waals surface area contributed by atoms with Gasteiger partial charge in [-0.2, -0.15) is 0 Å². The molecule has 4 nitrogen and oxygen atoms in total. The molecule has 2 heterocycles. The fourth-order valence-corrected chi connectivity index (χ4v) is 1.12. The topological polar surface area (TPSA) is 49.4 Å².